The molecule has 0 spiro atoms. The number of nitrogens with one attached hydrogen (secondary N) is 3. The third kappa shape index (κ3) is 5.68. The lowest BCUT2D eigenvalue weighted by Gasteiger charge is -2.13. The summed E-state index contributed by atoms with van der Waals surface area (Å²) in [6.07, 6.45) is 4.27. The first kappa shape index (κ1) is 31.9. The van der Waals surface area contributed by atoms with Crippen LogP contribution in [0.15, 0.2) is 90.0 Å². The summed E-state index contributed by atoms with van der Waals surface area (Å²) in [7, 11) is 0. The van der Waals surface area contributed by atoms with E-state index in [1.54, 1.807) is 0 Å². The minimum absolute atomic E-state index is 0.301. The molecule has 5 heterocycles. The van der Waals surface area contributed by atoms with Gasteiger partial charge in [-0.3, -0.25) is 0 Å². The predicted molar refractivity (Wildman–Crippen MR) is 213 cm³/mol. The van der Waals surface area contributed by atoms with E-state index < -0.39 is 0 Å². The molecule has 8 bridgehead atoms. The highest BCUT2D eigenvalue weighted by molar-refractivity contribution is 6.01. The van der Waals surface area contributed by atoms with Crippen LogP contribution in [0.2, 0.25) is 0 Å². The fraction of sp³-hybridized carbons (Fsp3) is 0.159. The zero-order valence-electron chi connectivity index (χ0n) is 29.7. The summed E-state index contributed by atoms with van der Waals surface area (Å²) in [5.74, 6) is 0. The number of H-pyrrole nitrogens is 3. The summed E-state index contributed by atoms with van der Waals surface area (Å²) >= 11 is 0. The van der Waals surface area contributed by atoms with Crippen LogP contribution in [0.3, 0.4) is 0 Å². The van der Waals surface area contributed by atoms with Crippen LogP contribution in [0, 0.1) is 41.5 Å². The van der Waals surface area contributed by atoms with Gasteiger partial charge in [-0.2, -0.15) is 0 Å². The molecule has 1 aliphatic heterocycles. The van der Waals surface area contributed by atoms with E-state index in [0.717, 1.165) is 72.3 Å². The molecular weight excluding hydrogens is 627 g/mol. The lowest BCUT2D eigenvalue weighted by Crippen LogP contribution is -1.94. The highest BCUT2D eigenvalue weighted by atomic mass is 15.1. The van der Waals surface area contributed by atoms with Crippen molar-refractivity contribution in [2.45, 2.75) is 48.1 Å². The number of azide groups is 1. The molecule has 0 saturated heterocycles. The van der Waals surface area contributed by atoms with Crippen LogP contribution in [-0.4, -0.2) is 19.9 Å². The smallest absolute Gasteiger partial charge is 0.0737 e. The largest absolute Gasteiger partial charge is 0.354 e. The van der Waals surface area contributed by atoms with E-state index in [1.165, 1.54) is 44.5 Å². The number of hydrogen-bond donors (Lipinski definition) is 3. The van der Waals surface area contributed by atoms with Gasteiger partial charge >= 0.3 is 0 Å². The zero-order valence-corrected chi connectivity index (χ0v) is 29.7. The second-order valence-corrected chi connectivity index (χ2v) is 13.8. The van der Waals surface area contributed by atoms with Crippen LogP contribution in [0.1, 0.15) is 50.3 Å². The molecule has 0 saturated carbocycles. The standard InChI is InChI=1S/C44H39N7/c1-24-19-26(3)40(27(4)20-24)43-36-13-11-32(47-36)33-12-14-37(48-33)44(41-28(5)21-25(2)22-29(41)6)39-18-16-35(50-39)42(34-15-17-38(43)49-34)31-9-7-30(8-10-31)23-46-51-45/h7-22,47-49H,23H2,1-6H3. The molecule has 3 aromatic carbocycles. The Morgan fingerprint density at radius 2 is 0.922 bits per heavy atom. The molecule has 4 aromatic heterocycles. The van der Waals surface area contributed by atoms with E-state index in [2.05, 4.69) is 151 Å². The lowest BCUT2D eigenvalue weighted by atomic mass is 9.92. The fourth-order valence-corrected chi connectivity index (χ4v) is 8.02. The number of aromatic nitrogens is 4. The molecule has 0 radical (unpaired) electrons. The van der Waals surface area contributed by atoms with Gasteiger partial charge in [-0.1, -0.05) is 64.8 Å². The Hall–Kier alpha value is -6.30. The van der Waals surface area contributed by atoms with E-state index in [9.17, 15) is 0 Å². The SMILES string of the molecule is Cc1cc(C)c(-c2c3nc(c(-c4ccc(CN=[N+]=[N-])cc4)c4ccc([nH]4)c(-c4c(C)cc(C)cc4C)c4ccc([nH]4)c4ccc2[nH]4)C=C3)c(C)c1. The normalized spacial score (nSPS) is 11.7. The summed E-state index contributed by atoms with van der Waals surface area (Å²) in [5, 5.41) is 3.77. The van der Waals surface area contributed by atoms with Crippen LogP contribution >= 0.6 is 0 Å². The highest BCUT2D eigenvalue weighted by Crippen LogP contribution is 2.39. The topological polar surface area (TPSA) is 109 Å². The number of aryl methyl sites for hydroxylation is 6. The van der Waals surface area contributed by atoms with Gasteiger partial charge < -0.3 is 15.0 Å². The van der Waals surface area contributed by atoms with E-state index in [4.69, 9.17) is 10.5 Å². The molecule has 7 aromatic rings. The van der Waals surface area contributed by atoms with Crippen molar-refractivity contribution in [1.82, 2.24) is 19.9 Å². The Labute approximate surface area is 296 Å². The molecular formula is C44H39N7. The molecule has 7 heteroatoms. The van der Waals surface area contributed by atoms with Crippen LogP contribution < -0.4 is 0 Å². The van der Waals surface area contributed by atoms with E-state index >= 15 is 0 Å². The third-order valence-corrected chi connectivity index (χ3v) is 9.99. The van der Waals surface area contributed by atoms with E-state index in [1.807, 2.05) is 12.1 Å². The van der Waals surface area contributed by atoms with Crippen molar-refractivity contribution in [3.8, 4) is 33.4 Å². The first-order valence-electron chi connectivity index (χ1n) is 17.3. The Bertz CT molecular complexity index is 2680. The quantitative estimate of drug-likeness (QED) is 0.0949. The monoisotopic (exact) mass is 665 g/mol. The lowest BCUT2D eigenvalue weighted by molar-refractivity contribution is 1.05. The van der Waals surface area contributed by atoms with Gasteiger partial charge in [-0.05, 0) is 140 Å². The fourth-order valence-electron chi connectivity index (χ4n) is 8.02. The zero-order chi connectivity index (χ0) is 35.4. The molecule has 0 atom stereocenters. The summed E-state index contributed by atoms with van der Waals surface area (Å²) < 4.78 is 0. The maximum absolute atomic E-state index is 8.90. The maximum Gasteiger partial charge on any atom is 0.0737 e. The molecule has 7 nitrogen and oxygen atoms in total. The van der Waals surface area contributed by atoms with E-state index in [-0.39, 0.29) is 0 Å². The van der Waals surface area contributed by atoms with Gasteiger partial charge in [0.25, 0.3) is 0 Å². The number of rotatable bonds is 5. The maximum atomic E-state index is 8.90. The molecule has 1 aliphatic rings. The number of fused-ring (bicyclic) bond motifs is 9. The van der Waals surface area contributed by atoms with Crippen LogP contribution in [-0.2, 0) is 6.54 Å². The van der Waals surface area contributed by atoms with Crippen molar-refractivity contribution in [1.29, 1.82) is 0 Å². The van der Waals surface area contributed by atoms with Crippen LogP contribution in [0.4, 0.5) is 0 Å². The number of hydrogen-bond acceptors (Lipinski definition) is 2. The Morgan fingerprint density at radius 1 is 0.510 bits per heavy atom. The second kappa shape index (κ2) is 12.5. The van der Waals surface area contributed by atoms with Crippen molar-refractivity contribution >= 4 is 45.3 Å². The number of benzene rings is 3. The van der Waals surface area contributed by atoms with Gasteiger partial charge in [0.1, 0.15) is 0 Å². The molecule has 3 N–H and O–H groups in total. The second-order valence-electron chi connectivity index (χ2n) is 13.8. The molecule has 0 amide bonds. The first-order chi connectivity index (χ1) is 24.7. The van der Waals surface area contributed by atoms with E-state index in [0.29, 0.717) is 6.54 Å². The summed E-state index contributed by atoms with van der Waals surface area (Å²) in [6.45, 7) is 13.4. The minimum atomic E-state index is 0.301. The Kier molecular flexibility index (Phi) is 7.85. The number of nitrogens with zero attached hydrogens (tertiary/aromatic N) is 4. The highest BCUT2D eigenvalue weighted by Gasteiger charge is 2.19. The van der Waals surface area contributed by atoms with Crippen molar-refractivity contribution in [3.63, 3.8) is 0 Å². The molecule has 51 heavy (non-hydrogen) atoms. The number of aromatic amines is 3. The molecule has 0 aliphatic carbocycles. The van der Waals surface area contributed by atoms with Gasteiger partial charge in [0.05, 0.1) is 29.0 Å². The molecule has 250 valence electrons. The summed E-state index contributed by atoms with van der Waals surface area (Å²) in [4.78, 5) is 19.8. The minimum Gasteiger partial charge on any atom is -0.354 e. The van der Waals surface area contributed by atoms with Crippen molar-refractivity contribution in [2.75, 3.05) is 0 Å². The van der Waals surface area contributed by atoms with Gasteiger partial charge in [-0.15, -0.1) is 0 Å². The van der Waals surface area contributed by atoms with Gasteiger partial charge in [0.15, 0.2) is 0 Å². The Morgan fingerprint density at radius 3 is 1.43 bits per heavy atom. The van der Waals surface area contributed by atoms with Crippen molar-refractivity contribution < 1.29 is 0 Å². The van der Waals surface area contributed by atoms with Crippen molar-refractivity contribution in [2.24, 2.45) is 5.11 Å². The molecule has 0 fully saturated rings. The van der Waals surface area contributed by atoms with Crippen LogP contribution in [0.5, 0.6) is 0 Å². The van der Waals surface area contributed by atoms with Gasteiger partial charge in [-0.25, -0.2) is 4.98 Å². The predicted octanol–water partition coefficient (Wildman–Crippen LogP) is 12.4. The molecule has 0 unspecified atom stereocenters. The first-order valence-corrected chi connectivity index (χ1v) is 17.3. The van der Waals surface area contributed by atoms with Gasteiger partial charge in [0, 0.05) is 43.7 Å². The average molecular weight is 666 g/mol. The molecule has 8 rings (SSSR count). The average Bonchev–Trinajstić information content (AvgIpc) is 3.92. The van der Waals surface area contributed by atoms with Gasteiger partial charge in [0.2, 0.25) is 0 Å². The van der Waals surface area contributed by atoms with Crippen molar-refractivity contribution in [3.05, 3.63) is 146 Å². The third-order valence-electron chi connectivity index (χ3n) is 9.99. The summed E-state index contributed by atoms with van der Waals surface area (Å²) in [6, 6.07) is 30.3. The summed E-state index contributed by atoms with van der Waals surface area (Å²) in [5.41, 5.74) is 31.6. The van der Waals surface area contributed by atoms with Crippen LogP contribution in [0.25, 0.3) is 89.1 Å². The Balaban J connectivity index is 1.55.